The van der Waals surface area contributed by atoms with E-state index in [9.17, 15) is 9.59 Å². The summed E-state index contributed by atoms with van der Waals surface area (Å²) in [5, 5.41) is 0. The number of piperazine rings is 1. The summed E-state index contributed by atoms with van der Waals surface area (Å²) in [7, 11) is 1.67. The molecule has 1 aromatic rings. The molecule has 0 atom stereocenters. The summed E-state index contributed by atoms with van der Waals surface area (Å²) in [6.07, 6.45) is 0.743. The zero-order valence-corrected chi connectivity index (χ0v) is 13.5. The molecule has 0 aromatic heterocycles. The Morgan fingerprint density at radius 3 is 2.04 bits per heavy atom. The van der Waals surface area contributed by atoms with Gasteiger partial charge in [-0.05, 0) is 17.7 Å². The first-order chi connectivity index (χ1) is 11.2. The summed E-state index contributed by atoms with van der Waals surface area (Å²) in [5.74, 6) is 0.810. The molecule has 0 spiro atoms. The Kier molecular flexibility index (Phi) is 4.93. The van der Waals surface area contributed by atoms with Gasteiger partial charge in [-0.1, -0.05) is 12.1 Å². The lowest BCUT2D eigenvalue weighted by atomic mass is 10.2. The summed E-state index contributed by atoms with van der Waals surface area (Å²) in [4.78, 5) is 29.3. The second-order valence-electron chi connectivity index (χ2n) is 6.10. The van der Waals surface area contributed by atoms with Crippen molar-refractivity contribution in [2.75, 3.05) is 40.0 Å². The minimum atomic E-state index is -0.0318. The highest BCUT2D eigenvalue weighted by Crippen LogP contribution is 2.16. The summed E-state index contributed by atoms with van der Waals surface area (Å²) in [5.41, 5.74) is 1.27. The number of amides is 2. The fourth-order valence-corrected chi connectivity index (χ4v) is 3.06. The highest BCUT2D eigenvalue weighted by atomic mass is 16.5. The number of methoxy groups -OCH3 is 1. The molecule has 6 heteroatoms. The van der Waals surface area contributed by atoms with Gasteiger partial charge in [0.1, 0.15) is 5.75 Å². The van der Waals surface area contributed by atoms with E-state index in [0.29, 0.717) is 19.5 Å². The molecule has 0 saturated carbocycles. The Labute approximate surface area is 136 Å². The number of carbonyl (C=O) groups is 2. The summed E-state index contributed by atoms with van der Waals surface area (Å²) in [6.45, 7) is 5.03. The molecule has 2 fully saturated rings. The maximum atomic E-state index is 11.7. The number of hydrogen-bond acceptors (Lipinski definition) is 5. The topological polar surface area (TPSA) is 53.1 Å². The monoisotopic (exact) mass is 317 g/mol. The highest BCUT2D eigenvalue weighted by molar-refractivity contribution is 6.01. The normalized spacial score (nSPS) is 20.3. The molecule has 3 rings (SSSR count). The van der Waals surface area contributed by atoms with Gasteiger partial charge in [0, 0.05) is 45.6 Å². The van der Waals surface area contributed by atoms with Crippen molar-refractivity contribution in [2.24, 2.45) is 0 Å². The average Bonchev–Trinajstić information content (AvgIpc) is 2.89. The number of nitrogens with zero attached hydrogens (tertiary/aromatic N) is 3. The van der Waals surface area contributed by atoms with Crippen LogP contribution < -0.4 is 4.74 Å². The van der Waals surface area contributed by atoms with Crippen molar-refractivity contribution in [3.05, 3.63) is 29.8 Å². The summed E-state index contributed by atoms with van der Waals surface area (Å²) < 4.78 is 5.17. The van der Waals surface area contributed by atoms with E-state index in [1.165, 1.54) is 10.5 Å². The lowest BCUT2D eigenvalue weighted by molar-refractivity contribution is -0.141. The Morgan fingerprint density at radius 1 is 0.913 bits per heavy atom. The van der Waals surface area contributed by atoms with Gasteiger partial charge >= 0.3 is 0 Å². The maximum absolute atomic E-state index is 11.7. The first-order valence-electron chi connectivity index (χ1n) is 8.06. The van der Waals surface area contributed by atoms with E-state index in [-0.39, 0.29) is 11.8 Å². The molecule has 124 valence electrons. The number of likely N-dealkylation sites (tertiary alicyclic amines) is 1. The van der Waals surface area contributed by atoms with Crippen molar-refractivity contribution in [3.63, 3.8) is 0 Å². The van der Waals surface area contributed by atoms with Crippen molar-refractivity contribution >= 4 is 11.8 Å². The van der Waals surface area contributed by atoms with Gasteiger partial charge in [-0.25, -0.2) is 0 Å². The minimum absolute atomic E-state index is 0.0318. The lowest BCUT2D eigenvalue weighted by Gasteiger charge is -2.36. The molecule has 0 radical (unpaired) electrons. The van der Waals surface area contributed by atoms with Gasteiger partial charge in [-0.2, -0.15) is 0 Å². The maximum Gasteiger partial charge on any atom is 0.230 e. The Bertz CT molecular complexity index is 549. The van der Waals surface area contributed by atoms with E-state index in [2.05, 4.69) is 21.9 Å². The second kappa shape index (κ2) is 7.10. The number of rotatable bonds is 5. The number of carbonyl (C=O) groups excluding carboxylic acids is 2. The van der Waals surface area contributed by atoms with Crippen molar-refractivity contribution in [1.82, 2.24) is 14.7 Å². The van der Waals surface area contributed by atoms with Crippen LogP contribution in [0.5, 0.6) is 5.75 Å². The first kappa shape index (κ1) is 16.0. The van der Waals surface area contributed by atoms with Crippen LogP contribution in [0.25, 0.3) is 0 Å². The second-order valence-corrected chi connectivity index (χ2v) is 6.10. The van der Waals surface area contributed by atoms with Crippen LogP contribution in [0.4, 0.5) is 0 Å². The van der Waals surface area contributed by atoms with Crippen LogP contribution in [-0.4, -0.2) is 66.5 Å². The number of hydrogen-bond donors (Lipinski definition) is 0. The quantitative estimate of drug-likeness (QED) is 0.756. The molecule has 1 aromatic carbocycles. The third-order valence-corrected chi connectivity index (χ3v) is 4.53. The van der Waals surface area contributed by atoms with E-state index >= 15 is 0 Å². The minimum Gasteiger partial charge on any atom is -0.497 e. The van der Waals surface area contributed by atoms with Gasteiger partial charge in [-0.3, -0.25) is 24.3 Å². The Balaban J connectivity index is 1.46. The van der Waals surface area contributed by atoms with Crippen LogP contribution in [0, 0.1) is 0 Å². The van der Waals surface area contributed by atoms with Gasteiger partial charge in [0.05, 0.1) is 13.8 Å². The standard InChI is InChI=1S/C17H23N3O3/c1-23-15-4-2-14(3-5-15)12-18-8-10-19(11-9-18)13-20-16(21)6-7-17(20)22/h2-5H,6-13H2,1H3. The number of imide groups is 1. The Morgan fingerprint density at radius 2 is 1.48 bits per heavy atom. The molecular formula is C17H23N3O3. The van der Waals surface area contributed by atoms with E-state index in [4.69, 9.17) is 4.74 Å². The van der Waals surface area contributed by atoms with E-state index in [0.717, 1.165) is 38.5 Å². The van der Waals surface area contributed by atoms with E-state index in [1.54, 1.807) is 7.11 Å². The van der Waals surface area contributed by atoms with E-state index < -0.39 is 0 Å². The average molecular weight is 317 g/mol. The fourth-order valence-electron chi connectivity index (χ4n) is 3.06. The molecule has 0 N–H and O–H groups in total. The van der Waals surface area contributed by atoms with Crippen LogP contribution in [0.2, 0.25) is 0 Å². The summed E-state index contributed by atoms with van der Waals surface area (Å²) >= 11 is 0. The predicted octanol–water partition coefficient (Wildman–Crippen LogP) is 0.919. The highest BCUT2D eigenvalue weighted by Gasteiger charge is 2.31. The third kappa shape index (κ3) is 3.89. The molecule has 0 aliphatic carbocycles. The van der Waals surface area contributed by atoms with Gasteiger partial charge in [0.2, 0.25) is 11.8 Å². The molecule has 23 heavy (non-hydrogen) atoms. The summed E-state index contributed by atoms with van der Waals surface area (Å²) in [6, 6.07) is 8.14. The molecular weight excluding hydrogens is 294 g/mol. The van der Waals surface area contributed by atoms with Crippen LogP contribution >= 0.6 is 0 Å². The van der Waals surface area contributed by atoms with E-state index in [1.807, 2.05) is 12.1 Å². The van der Waals surface area contributed by atoms with Crippen molar-refractivity contribution < 1.29 is 14.3 Å². The molecule has 0 bridgehead atoms. The Hall–Kier alpha value is -1.92. The lowest BCUT2D eigenvalue weighted by Crippen LogP contribution is -2.50. The van der Waals surface area contributed by atoms with Gasteiger partial charge in [0.15, 0.2) is 0 Å². The third-order valence-electron chi connectivity index (χ3n) is 4.53. The van der Waals surface area contributed by atoms with Crippen molar-refractivity contribution in [2.45, 2.75) is 19.4 Å². The molecule has 2 saturated heterocycles. The fraction of sp³-hybridized carbons (Fsp3) is 0.529. The SMILES string of the molecule is COc1ccc(CN2CCN(CN3C(=O)CCC3=O)CC2)cc1. The zero-order chi connectivity index (χ0) is 16.2. The van der Waals surface area contributed by atoms with Crippen molar-refractivity contribution in [1.29, 1.82) is 0 Å². The smallest absolute Gasteiger partial charge is 0.230 e. The number of ether oxygens (including phenoxy) is 1. The first-order valence-corrected chi connectivity index (χ1v) is 8.06. The number of benzene rings is 1. The van der Waals surface area contributed by atoms with Crippen LogP contribution in [0.1, 0.15) is 18.4 Å². The van der Waals surface area contributed by atoms with Crippen LogP contribution in [-0.2, 0) is 16.1 Å². The van der Waals surface area contributed by atoms with Crippen LogP contribution in [0.15, 0.2) is 24.3 Å². The predicted molar refractivity (Wildman–Crippen MR) is 85.8 cm³/mol. The van der Waals surface area contributed by atoms with Crippen molar-refractivity contribution in [3.8, 4) is 5.75 Å². The zero-order valence-electron chi connectivity index (χ0n) is 13.5. The van der Waals surface area contributed by atoms with Gasteiger partial charge in [0.25, 0.3) is 0 Å². The largest absolute Gasteiger partial charge is 0.497 e. The molecule has 2 heterocycles. The molecule has 0 unspecified atom stereocenters. The molecule has 2 aliphatic rings. The van der Waals surface area contributed by atoms with Gasteiger partial charge < -0.3 is 4.74 Å². The van der Waals surface area contributed by atoms with Crippen LogP contribution in [0.3, 0.4) is 0 Å². The molecule has 6 nitrogen and oxygen atoms in total. The van der Waals surface area contributed by atoms with Gasteiger partial charge in [-0.15, -0.1) is 0 Å². The molecule has 2 aliphatic heterocycles. The molecule has 2 amide bonds.